The van der Waals surface area contributed by atoms with Gasteiger partial charge >= 0.3 is 5.97 Å². The molecule has 2 rings (SSSR count). The molecule has 0 radical (unpaired) electrons. The van der Waals surface area contributed by atoms with Gasteiger partial charge in [0, 0.05) is 25.9 Å². The number of rotatable bonds is 6. The molecule has 19 heavy (non-hydrogen) atoms. The summed E-state index contributed by atoms with van der Waals surface area (Å²) >= 11 is 0. The number of hydrogen-bond donors (Lipinski definition) is 2. The standard InChI is InChI=1S/C11H13N5O3/c1-19-5-3-12-9-6-10(14-7-13-9)16-4-2-8(15-16)11(17)18/h2,4,6-7H,3,5H2,1H3,(H,17,18)(H,12,13,14). The Balaban J connectivity index is 2.15. The minimum absolute atomic E-state index is 0.0347. The Morgan fingerprint density at radius 1 is 1.53 bits per heavy atom. The molecule has 100 valence electrons. The van der Waals surface area contributed by atoms with Crippen LogP contribution < -0.4 is 5.32 Å². The molecule has 0 unspecified atom stereocenters. The molecule has 0 aromatic carbocycles. The number of aromatic carboxylic acids is 1. The third-order valence-electron chi connectivity index (χ3n) is 2.31. The van der Waals surface area contributed by atoms with E-state index in [4.69, 9.17) is 9.84 Å². The lowest BCUT2D eigenvalue weighted by Gasteiger charge is -2.06. The number of aromatic nitrogens is 4. The third kappa shape index (κ3) is 3.26. The maximum atomic E-state index is 10.8. The van der Waals surface area contributed by atoms with E-state index in [1.165, 1.54) is 23.3 Å². The fourth-order valence-electron chi connectivity index (χ4n) is 1.42. The maximum absolute atomic E-state index is 10.8. The summed E-state index contributed by atoms with van der Waals surface area (Å²) in [5.41, 5.74) is -0.0347. The van der Waals surface area contributed by atoms with E-state index in [0.29, 0.717) is 24.8 Å². The number of ether oxygens (including phenoxy) is 1. The van der Waals surface area contributed by atoms with Crippen LogP contribution in [0.15, 0.2) is 24.7 Å². The van der Waals surface area contributed by atoms with Gasteiger partial charge in [0.25, 0.3) is 0 Å². The van der Waals surface area contributed by atoms with E-state index in [0.717, 1.165) is 0 Å². The molecule has 2 aromatic heterocycles. The first-order chi connectivity index (χ1) is 9.20. The van der Waals surface area contributed by atoms with Crippen LogP contribution in [0.4, 0.5) is 5.82 Å². The lowest BCUT2D eigenvalue weighted by atomic mass is 10.4. The normalized spacial score (nSPS) is 10.4. The summed E-state index contributed by atoms with van der Waals surface area (Å²) in [7, 11) is 1.62. The molecule has 2 aromatic rings. The molecule has 0 amide bonds. The molecule has 0 aliphatic carbocycles. The van der Waals surface area contributed by atoms with Gasteiger partial charge in [0.2, 0.25) is 0 Å². The first-order valence-electron chi connectivity index (χ1n) is 5.55. The fourth-order valence-corrected chi connectivity index (χ4v) is 1.42. The summed E-state index contributed by atoms with van der Waals surface area (Å²) in [6.07, 6.45) is 2.91. The van der Waals surface area contributed by atoms with Gasteiger partial charge in [0.05, 0.1) is 6.61 Å². The van der Waals surface area contributed by atoms with Gasteiger partial charge in [-0.1, -0.05) is 0 Å². The van der Waals surface area contributed by atoms with Gasteiger partial charge in [0.15, 0.2) is 11.5 Å². The van der Waals surface area contributed by atoms with Crippen LogP contribution in [-0.4, -0.2) is 51.1 Å². The quantitative estimate of drug-likeness (QED) is 0.728. The Kier molecular flexibility index (Phi) is 4.04. The van der Waals surface area contributed by atoms with Gasteiger partial charge in [-0.3, -0.25) is 0 Å². The zero-order valence-electron chi connectivity index (χ0n) is 10.3. The summed E-state index contributed by atoms with van der Waals surface area (Å²) in [5.74, 6) is 0.0306. The van der Waals surface area contributed by atoms with Crippen LogP contribution in [0.25, 0.3) is 5.82 Å². The number of nitrogens with zero attached hydrogens (tertiary/aromatic N) is 4. The van der Waals surface area contributed by atoms with E-state index in [9.17, 15) is 4.79 Å². The number of anilines is 1. The van der Waals surface area contributed by atoms with Crippen molar-refractivity contribution in [2.24, 2.45) is 0 Å². The van der Waals surface area contributed by atoms with Crippen LogP contribution in [0.5, 0.6) is 0 Å². The molecular formula is C11H13N5O3. The second kappa shape index (κ2) is 5.91. The van der Waals surface area contributed by atoms with E-state index >= 15 is 0 Å². The first kappa shape index (κ1) is 13.0. The monoisotopic (exact) mass is 263 g/mol. The van der Waals surface area contributed by atoms with Crippen LogP contribution in [0.2, 0.25) is 0 Å². The average molecular weight is 263 g/mol. The fraction of sp³-hybridized carbons (Fsp3) is 0.273. The molecule has 0 aliphatic rings. The summed E-state index contributed by atoms with van der Waals surface area (Å²) in [4.78, 5) is 18.8. The van der Waals surface area contributed by atoms with Gasteiger partial charge in [0.1, 0.15) is 12.1 Å². The van der Waals surface area contributed by atoms with Gasteiger partial charge < -0.3 is 15.2 Å². The Hall–Kier alpha value is -2.48. The van der Waals surface area contributed by atoms with E-state index in [1.807, 2.05) is 0 Å². The van der Waals surface area contributed by atoms with Crippen molar-refractivity contribution in [2.75, 3.05) is 25.6 Å². The number of methoxy groups -OCH3 is 1. The first-order valence-corrected chi connectivity index (χ1v) is 5.55. The lowest BCUT2D eigenvalue weighted by molar-refractivity contribution is 0.0690. The number of carboxylic acids is 1. The van der Waals surface area contributed by atoms with Gasteiger partial charge in [-0.2, -0.15) is 5.10 Å². The molecular weight excluding hydrogens is 250 g/mol. The van der Waals surface area contributed by atoms with E-state index in [1.54, 1.807) is 13.2 Å². The van der Waals surface area contributed by atoms with Crippen molar-refractivity contribution in [1.29, 1.82) is 0 Å². The molecule has 0 saturated heterocycles. The Morgan fingerprint density at radius 2 is 2.37 bits per heavy atom. The predicted octanol–water partition coefficient (Wildman–Crippen LogP) is 0.419. The maximum Gasteiger partial charge on any atom is 0.356 e. The van der Waals surface area contributed by atoms with Crippen molar-refractivity contribution in [3.63, 3.8) is 0 Å². The van der Waals surface area contributed by atoms with Crippen molar-refractivity contribution in [1.82, 2.24) is 19.7 Å². The molecule has 2 heterocycles. The highest BCUT2D eigenvalue weighted by atomic mass is 16.5. The van der Waals surface area contributed by atoms with Gasteiger partial charge in [-0.25, -0.2) is 19.4 Å². The predicted molar refractivity (Wildman–Crippen MR) is 66.5 cm³/mol. The lowest BCUT2D eigenvalue weighted by Crippen LogP contribution is -2.10. The number of carbonyl (C=O) groups is 1. The van der Waals surface area contributed by atoms with Crippen molar-refractivity contribution in [3.8, 4) is 5.82 Å². The van der Waals surface area contributed by atoms with Gasteiger partial charge in [-0.15, -0.1) is 0 Å². The van der Waals surface area contributed by atoms with E-state index < -0.39 is 5.97 Å². The SMILES string of the molecule is COCCNc1cc(-n2ccc(C(=O)O)n2)ncn1. The zero-order valence-corrected chi connectivity index (χ0v) is 10.3. The summed E-state index contributed by atoms with van der Waals surface area (Å²) in [5, 5.41) is 15.8. The molecule has 0 bridgehead atoms. The van der Waals surface area contributed by atoms with E-state index in [2.05, 4.69) is 20.4 Å². The minimum atomic E-state index is -1.08. The molecule has 0 atom stereocenters. The molecule has 0 aliphatic heterocycles. The Morgan fingerprint density at radius 3 is 3.05 bits per heavy atom. The van der Waals surface area contributed by atoms with Crippen molar-refractivity contribution in [3.05, 3.63) is 30.4 Å². The molecule has 0 spiro atoms. The van der Waals surface area contributed by atoms with E-state index in [-0.39, 0.29) is 5.69 Å². The second-order valence-electron chi connectivity index (χ2n) is 3.63. The summed E-state index contributed by atoms with van der Waals surface area (Å²) < 4.78 is 6.30. The topological polar surface area (TPSA) is 102 Å². The van der Waals surface area contributed by atoms with Crippen molar-refractivity contribution < 1.29 is 14.6 Å². The zero-order chi connectivity index (χ0) is 13.7. The largest absolute Gasteiger partial charge is 0.476 e. The van der Waals surface area contributed by atoms with Crippen LogP contribution in [0.1, 0.15) is 10.5 Å². The Labute approximate surface area is 109 Å². The second-order valence-corrected chi connectivity index (χ2v) is 3.63. The van der Waals surface area contributed by atoms with Crippen molar-refractivity contribution in [2.45, 2.75) is 0 Å². The summed E-state index contributed by atoms with van der Waals surface area (Å²) in [6.45, 7) is 1.18. The highest BCUT2D eigenvalue weighted by molar-refractivity contribution is 5.85. The van der Waals surface area contributed by atoms with Crippen LogP contribution >= 0.6 is 0 Å². The molecule has 8 nitrogen and oxygen atoms in total. The molecule has 0 saturated carbocycles. The molecule has 8 heteroatoms. The number of carboxylic acid groups (broad SMARTS) is 1. The van der Waals surface area contributed by atoms with Crippen LogP contribution in [0.3, 0.4) is 0 Å². The molecule has 2 N–H and O–H groups in total. The highest BCUT2D eigenvalue weighted by Gasteiger charge is 2.08. The Bertz CT molecular complexity index is 569. The van der Waals surface area contributed by atoms with Gasteiger partial charge in [-0.05, 0) is 6.07 Å². The van der Waals surface area contributed by atoms with Crippen molar-refractivity contribution >= 4 is 11.8 Å². The smallest absolute Gasteiger partial charge is 0.356 e. The average Bonchev–Trinajstić information content (AvgIpc) is 2.89. The minimum Gasteiger partial charge on any atom is -0.476 e. The van der Waals surface area contributed by atoms with Crippen LogP contribution in [0, 0.1) is 0 Å². The number of nitrogens with one attached hydrogen (secondary N) is 1. The summed E-state index contributed by atoms with van der Waals surface area (Å²) in [6, 6.07) is 3.08. The third-order valence-corrected chi connectivity index (χ3v) is 2.31. The van der Waals surface area contributed by atoms with Crippen LogP contribution in [-0.2, 0) is 4.74 Å². The highest BCUT2D eigenvalue weighted by Crippen LogP contribution is 2.08. The number of hydrogen-bond acceptors (Lipinski definition) is 6. The molecule has 0 fully saturated rings.